The van der Waals surface area contributed by atoms with Gasteiger partial charge in [-0.05, 0) is 6.92 Å². The molecule has 0 aliphatic carbocycles. The molecule has 0 amide bonds. The van der Waals surface area contributed by atoms with Crippen LogP contribution in [0.5, 0.6) is 0 Å². The third-order valence-electron chi connectivity index (χ3n) is 2.52. The normalized spacial score (nSPS) is 32.4. The van der Waals surface area contributed by atoms with Crippen LogP contribution in [0.1, 0.15) is 6.92 Å². The molecule has 0 bridgehead atoms. The highest BCUT2D eigenvalue weighted by Crippen LogP contribution is 2.16. The molecule has 88 valence electrons. The largest absolute Gasteiger partial charge is 0.373 e. The molecular weight excluding hydrogens is 264 g/mol. The maximum Gasteiger partial charge on any atom is 0.104 e. The van der Waals surface area contributed by atoms with Crippen molar-refractivity contribution in [3.8, 4) is 0 Å². The van der Waals surface area contributed by atoms with Crippen molar-refractivity contribution in [1.82, 2.24) is 0 Å². The van der Waals surface area contributed by atoms with Crippen molar-refractivity contribution in [3.63, 3.8) is 0 Å². The van der Waals surface area contributed by atoms with E-state index in [2.05, 4.69) is 15.9 Å². The van der Waals surface area contributed by atoms with Gasteiger partial charge in [0.15, 0.2) is 0 Å². The Morgan fingerprint density at radius 2 is 1.73 bits per heavy atom. The van der Waals surface area contributed by atoms with Gasteiger partial charge in [0.2, 0.25) is 0 Å². The lowest BCUT2D eigenvalue weighted by Crippen LogP contribution is -2.32. The molecule has 2 heterocycles. The van der Waals surface area contributed by atoms with Gasteiger partial charge in [0.1, 0.15) is 12.2 Å². The molecule has 2 aliphatic heterocycles. The summed E-state index contributed by atoms with van der Waals surface area (Å²) in [6, 6.07) is 0. The number of halogens is 1. The van der Waals surface area contributed by atoms with Crippen LogP contribution in [0.15, 0.2) is 0 Å². The SMILES string of the molecule is CC(OCC1CO1)C(CBr)OCC1CO1. The Kier molecular flexibility index (Phi) is 4.40. The molecule has 0 aromatic carbocycles. The van der Waals surface area contributed by atoms with E-state index >= 15 is 0 Å². The summed E-state index contributed by atoms with van der Waals surface area (Å²) in [7, 11) is 0. The van der Waals surface area contributed by atoms with E-state index < -0.39 is 0 Å². The Labute approximate surface area is 98.3 Å². The fourth-order valence-electron chi connectivity index (χ4n) is 1.23. The predicted octanol–water partition coefficient (Wildman–Crippen LogP) is 0.969. The molecule has 5 heteroatoms. The number of hydrogen-bond acceptors (Lipinski definition) is 4. The van der Waals surface area contributed by atoms with E-state index in [1.807, 2.05) is 6.92 Å². The fraction of sp³-hybridized carbons (Fsp3) is 1.00. The number of alkyl halides is 1. The zero-order chi connectivity index (χ0) is 10.7. The first-order chi connectivity index (χ1) is 7.29. The first-order valence-electron chi connectivity index (χ1n) is 5.32. The Bertz CT molecular complexity index is 194. The van der Waals surface area contributed by atoms with Gasteiger partial charge < -0.3 is 18.9 Å². The van der Waals surface area contributed by atoms with Crippen molar-refractivity contribution in [2.75, 3.05) is 31.8 Å². The predicted molar refractivity (Wildman–Crippen MR) is 58.4 cm³/mol. The van der Waals surface area contributed by atoms with E-state index in [-0.39, 0.29) is 12.2 Å². The Morgan fingerprint density at radius 3 is 2.20 bits per heavy atom. The van der Waals surface area contributed by atoms with E-state index in [0.29, 0.717) is 25.4 Å². The van der Waals surface area contributed by atoms with Crippen molar-refractivity contribution >= 4 is 15.9 Å². The highest BCUT2D eigenvalue weighted by Gasteiger charge is 2.28. The van der Waals surface area contributed by atoms with Gasteiger partial charge in [-0.3, -0.25) is 0 Å². The van der Waals surface area contributed by atoms with Crippen LogP contribution in [0.3, 0.4) is 0 Å². The molecule has 0 saturated carbocycles. The molecule has 2 saturated heterocycles. The molecular formula is C10H17BrO4. The van der Waals surface area contributed by atoms with Gasteiger partial charge in [-0.15, -0.1) is 0 Å². The summed E-state index contributed by atoms with van der Waals surface area (Å²) < 4.78 is 21.5. The minimum absolute atomic E-state index is 0.0901. The van der Waals surface area contributed by atoms with Crippen molar-refractivity contribution in [1.29, 1.82) is 0 Å². The van der Waals surface area contributed by atoms with E-state index in [9.17, 15) is 0 Å². The summed E-state index contributed by atoms with van der Waals surface area (Å²) in [5.74, 6) is 0. The average molecular weight is 281 g/mol. The first-order valence-corrected chi connectivity index (χ1v) is 6.44. The van der Waals surface area contributed by atoms with E-state index in [1.165, 1.54) is 0 Å². The van der Waals surface area contributed by atoms with Crippen LogP contribution >= 0.6 is 15.9 Å². The quantitative estimate of drug-likeness (QED) is 0.491. The van der Waals surface area contributed by atoms with Crippen LogP contribution in [-0.4, -0.2) is 56.2 Å². The number of ether oxygens (including phenoxy) is 4. The molecule has 0 radical (unpaired) electrons. The second-order valence-electron chi connectivity index (χ2n) is 3.98. The summed E-state index contributed by atoms with van der Waals surface area (Å²) in [4.78, 5) is 0. The Balaban J connectivity index is 1.60. The van der Waals surface area contributed by atoms with Gasteiger partial charge in [0, 0.05) is 5.33 Å². The highest BCUT2D eigenvalue weighted by molar-refractivity contribution is 9.09. The molecule has 2 fully saturated rings. The molecule has 2 aliphatic rings. The lowest BCUT2D eigenvalue weighted by molar-refractivity contribution is -0.0595. The van der Waals surface area contributed by atoms with Gasteiger partial charge >= 0.3 is 0 Å². The third-order valence-corrected chi connectivity index (χ3v) is 3.16. The molecule has 15 heavy (non-hydrogen) atoms. The Morgan fingerprint density at radius 1 is 1.20 bits per heavy atom. The first kappa shape index (κ1) is 11.8. The topological polar surface area (TPSA) is 43.5 Å². The van der Waals surface area contributed by atoms with Gasteiger partial charge in [-0.2, -0.15) is 0 Å². The van der Waals surface area contributed by atoms with Crippen molar-refractivity contribution in [2.45, 2.75) is 31.3 Å². The Hall–Kier alpha value is 0.320. The minimum Gasteiger partial charge on any atom is -0.373 e. The van der Waals surface area contributed by atoms with Gasteiger partial charge in [-0.1, -0.05) is 15.9 Å². The second kappa shape index (κ2) is 5.59. The highest BCUT2D eigenvalue weighted by atomic mass is 79.9. The molecule has 0 spiro atoms. The van der Waals surface area contributed by atoms with Crippen molar-refractivity contribution < 1.29 is 18.9 Å². The fourth-order valence-corrected chi connectivity index (χ4v) is 1.94. The number of hydrogen-bond donors (Lipinski definition) is 0. The lowest BCUT2D eigenvalue weighted by atomic mass is 10.2. The summed E-state index contributed by atoms with van der Waals surface area (Å²) in [6.45, 7) is 5.04. The van der Waals surface area contributed by atoms with Crippen LogP contribution in [0, 0.1) is 0 Å². The molecule has 0 aromatic rings. The van der Waals surface area contributed by atoms with Crippen LogP contribution in [0.2, 0.25) is 0 Å². The van der Waals surface area contributed by atoms with Crippen LogP contribution in [-0.2, 0) is 18.9 Å². The summed E-state index contributed by atoms with van der Waals surface area (Å²) in [5.41, 5.74) is 0. The average Bonchev–Trinajstić information content (AvgIpc) is 3.10. The van der Waals surface area contributed by atoms with Gasteiger partial charge in [0.05, 0.1) is 38.6 Å². The van der Waals surface area contributed by atoms with Crippen molar-refractivity contribution in [2.24, 2.45) is 0 Å². The van der Waals surface area contributed by atoms with Crippen LogP contribution in [0.4, 0.5) is 0 Å². The monoisotopic (exact) mass is 280 g/mol. The van der Waals surface area contributed by atoms with Crippen LogP contribution < -0.4 is 0 Å². The molecule has 2 rings (SSSR count). The van der Waals surface area contributed by atoms with E-state index in [4.69, 9.17) is 18.9 Å². The number of epoxide rings is 2. The maximum atomic E-state index is 5.69. The van der Waals surface area contributed by atoms with E-state index in [0.717, 1.165) is 18.5 Å². The zero-order valence-corrected chi connectivity index (χ0v) is 10.4. The molecule has 4 atom stereocenters. The van der Waals surface area contributed by atoms with E-state index in [1.54, 1.807) is 0 Å². The summed E-state index contributed by atoms with van der Waals surface area (Å²) in [5, 5.41) is 0.784. The van der Waals surface area contributed by atoms with Gasteiger partial charge in [0.25, 0.3) is 0 Å². The smallest absolute Gasteiger partial charge is 0.104 e. The molecule has 4 nitrogen and oxygen atoms in total. The van der Waals surface area contributed by atoms with Gasteiger partial charge in [-0.25, -0.2) is 0 Å². The molecule has 0 N–H and O–H groups in total. The minimum atomic E-state index is 0.0901. The third kappa shape index (κ3) is 4.36. The molecule has 4 unspecified atom stereocenters. The lowest BCUT2D eigenvalue weighted by Gasteiger charge is -2.22. The summed E-state index contributed by atoms with van der Waals surface area (Å²) in [6.07, 6.45) is 0.806. The molecule has 0 aromatic heterocycles. The van der Waals surface area contributed by atoms with Crippen LogP contribution in [0.25, 0.3) is 0 Å². The maximum absolute atomic E-state index is 5.69. The summed E-state index contributed by atoms with van der Waals surface area (Å²) >= 11 is 3.43. The zero-order valence-electron chi connectivity index (χ0n) is 8.86. The number of rotatable bonds is 8. The standard InChI is InChI=1S/C10H17BrO4/c1-7(12-3-8-4-13-8)10(2-11)15-6-9-5-14-9/h7-10H,2-6H2,1H3. The second-order valence-corrected chi connectivity index (χ2v) is 4.62. The van der Waals surface area contributed by atoms with Crippen molar-refractivity contribution in [3.05, 3.63) is 0 Å².